The first kappa shape index (κ1) is 7.32. The van der Waals surface area contributed by atoms with E-state index >= 15 is 0 Å². The van der Waals surface area contributed by atoms with Crippen molar-refractivity contribution < 1.29 is 0 Å². The molecule has 11 heavy (non-hydrogen) atoms. The topological polar surface area (TPSA) is 12.0 Å². The van der Waals surface area contributed by atoms with Crippen molar-refractivity contribution in [1.82, 2.24) is 5.32 Å². The van der Waals surface area contributed by atoms with Gasteiger partial charge in [0.05, 0.1) is 0 Å². The van der Waals surface area contributed by atoms with Gasteiger partial charge in [-0.25, -0.2) is 0 Å². The molecule has 1 N–H and O–H groups in total. The van der Waals surface area contributed by atoms with Gasteiger partial charge in [0.1, 0.15) is 0 Å². The summed E-state index contributed by atoms with van der Waals surface area (Å²) in [5, 5.41) is 5.74. The van der Waals surface area contributed by atoms with Gasteiger partial charge in [0.25, 0.3) is 0 Å². The fourth-order valence-corrected chi connectivity index (χ4v) is 2.92. The van der Waals surface area contributed by atoms with E-state index < -0.39 is 0 Å². The molecule has 0 fully saturated rings. The first-order chi connectivity index (χ1) is 5.29. The predicted molar refractivity (Wildman–Crippen MR) is 49.2 cm³/mol. The van der Waals surface area contributed by atoms with E-state index in [1.807, 2.05) is 11.3 Å². The Morgan fingerprint density at radius 3 is 3.18 bits per heavy atom. The fraction of sp³-hybridized carbons (Fsp3) is 0.556. The SMILES string of the molecule is Cc1csc2c1C(C)NCC2. The van der Waals surface area contributed by atoms with Crippen LogP contribution in [-0.4, -0.2) is 6.54 Å². The summed E-state index contributed by atoms with van der Waals surface area (Å²) in [7, 11) is 0. The highest BCUT2D eigenvalue weighted by Crippen LogP contribution is 2.30. The average Bonchev–Trinajstić information content (AvgIpc) is 2.34. The van der Waals surface area contributed by atoms with Crippen LogP contribution < -0.4 is 5.32 Å². The molecule has 1 aliphatic rings. The molecule has 1 unspecified atom stereocenters. The quantitative estimate of drug-likeness (QED) is 0.625. The Balaban J connectivity index is 2.48. The van der Waals surface area contributed by atoms with Crippen LogP contribution in [0, 0.1) is 6.92 Å². The van der Waals surface area contributed by atoms with E-state index in [0.717, 1.165) is 6.54 Å². The van der Waals surface area contributed by atoms with E-state index in [9.17, 15) is 0 Å². The van der Waals surface area contributed by atoms with Gasteiger partial charge in [0.15, 0.2) is 0 Å². The zero-order valence-electron chi connectivity index (χ0n) is 6.98. The van der Waals surface area contributed by atoms with Gasteiger partial charge in [-0.3, -0.25) is 0 Å². The van der Waals surface area contributed by atoms with Gasteiger partial charge < -0.3 is 5.32 Å². The lowest BCUT2D eigenvalue weighted by atomic mass is 10.0. The predicted octanol–water partition coefficient (Wildman–Crippen LogP) is 2.26. The molecule has 0 amide bonds. The van der Waals surface area contributed by atoms with Crippen molar-refractivity contribution in [2.24, 2.45) is 0 Å². The molecule has 2 rings (SSSR count). The number of aryl methyl sites for hydroxylation is 1. The monoisotopic (exact) mass is 167 g/mol. The number of thiophene rings is 1. The normalized spacial score (nSPS) is 23.3. The summed E-state index contributed by atoms with van der Waals surface area (Å²) in [6, 6.07) is 0.574. The third-order valence-electron chi connectivity index (χ3n) is 2.34. The molecule has 2 heteroatoms. The Hall–Kier alpha value is -0.340. The Kier molecular flexibility index (Phi) is 1.74. The van der Waals surface area contributed by atoms with Crippen LogP contribution >= 0.6 is 11.3 Å². The summed E-state index contributed by atoms with van der Waals surface area (Å²) in [4.78, 5) is 1.59. The molecule has 0 aliphatic carbocycles. The lowest BCUT2D eigenvalue weighted by molar-refractivity contribution is 0.545. The van der Waals surface area contributed by atoms with Gasteiger partial charge in [0.2, 0.25) is 0 Å². The van der Waals surface area contributed by atoms with E-state index in [4.69, 9.17) is 0 Å². The smallest absolute Gasteiger partial charge is 0.0305 e. The van der Waals surface area contributed by atoms with Gasteiger partial charge in [-0.05, 0) is 36.8 Å². The van der Waals surface area contributed by atoms with Crippen LogP contribution in [0.25, 0.3) is 0 Å². The number of fused-ring (bicyclic) bond motifs is 1. The molecular weight excluding hydrogens is 154 g/mol. The second-order valence-electron chi connectivity index (χ2n) is 3.18. The molecule has 2 heterocycles. The van der Waals surface area contributed by atoms with Gasteiger partial charge in [-0.15, -0.1) is 11.3 Å². The van der Waals surface area contributed by atoms with Crippen molar-refractivity contribution in [2.75, 3.05) is 6.54 Å². The second kappa shape index (κ2) is 2.61. The van der Waals surface area contributed by atoms with Crippen LogP contribution in [-0.2, 0) is 6.42 Å². The molecule has 1 atom stereocenters. The van der Waals surface area contributed by atoms with Crippen molar-refractivity contribution in [3.05, 3.63) is 21.4 Å². The highest BCUT2D eigenvalue weighted by Gasteiger charge is 2.18. The lowest BCUT2D eigenvalue weighted by Gasteiger charge is -2.21. The molecule has 1 nitrogen and oxygen atoms in total. The summed E-state index contributed by atoms with van der Waals surface area (Å²) in [6.45, 7) is 5.60. The maximum atomic E-state index is 3.47. The molecule has 1 aliphatic heterocycles. The summed E-state index contributed by atoms with van der Waals surface area (Å²) >= 11 is 1.92. The summed E-state index contributed by atoms with van der Waals surface area (Å²) in [6.07, 6.45) is 1.22. The van der Waals surface area contributed by atoms with Crippen LogP contribution in [0.1, 0.15) is 29.0 Å². The van der Waals surface area contributed by atoms with E-state index in [2.05, 4.69) is 24.5 Å². The minimum atomic E-state index is 0.574. The summed E-state index contributed by atoms with van der Waals surface area (Å²) in [5.74, 6) is 0. The summed E-state index contributed by atoms with van der Waals surface area (Å²) < 4.78 is 0. The molecule has 0 saturated heterocycles. The van der Waals surface area contributed by atoms with Crippen molar-refractivity contribution in [2.45, 2.75) is 26.3 Å². The number of hydrogen-bond acceptors (Lipinski definition) is 2. The molecule has 0 bridgehead atoms. The maximum Gasteiger partial charge on any atom is 0.0305 e. The maximum absolute atomic E-state index is 3.47. The lowest BCUT2D eigenvalue weighted by Crippen LogP contribution is -2.26. The van der Waals surface area contributed by atoms with Crippen LogP contribution in [0.2, 0.25) is 0 Å². The molecule has 0 aromatic carbocycles. The van der Waals surface area contributed by atoms with Crippen LogP contribution in [0.3, 0.4) is 0 Å². The third kappa shape index (κ3) is 1.10. The first-order valence-corrected chi connectivity index (χ1v) is 4.97. The molecule has 60 valence electrons. The van der Waals surface area contributed by atoms with E-state index in [0.29, 0.717) is 6.04 Å². The third-order valence-corrected chi connectivity index (χ3v) is 3.52. The Morgan fingerprint density at radius 1 is 1.64 bits per heavy atom. The van der Waals surface area contributed by atoms with Crippen LogP contribution in [0.15, 0.2) is 5.38 Å². The van der Waals surface area contributed by atoms with Crippen molar-refractivity contribution in [3.63, 3.8) is 0 Å². The number of hydrogen-bond donors (Lipinski definition) is 1. The average molecular weight is 167 g/mol. The molecule has 0 saturated carbocycles. The van der Waals surface area contributed by atoms with Crippen LogP contribution in [0.4, 0.5) is 0 Å². The largest absolute Gasteiger partial charge is 0.310 e. The van der Waals surface area contributed by atoms with E-state index in [-0.39, 0.29) is 0 Å². The fourth-order valence-electron chi connectivity index (χ4n) is 1.79. The van der Waals surface area contributed by atoms with Gasteiger partial charge in [-0.2, -0.15) is 0 Å². The highest BCUT2D eigenvalue weighted by atomic mass is 32.1. The summed E-state index contributed by atoms with van der Waals surface area (Å²) in [5.41, 5.74) is 3.02. The minimum Gasteiger partial charge on any atom is -0.310 e. The van der Waals surface area contributed by atoms with Crippen LogP contribution in [0.5, 0.6) is 0 Å². The van der Waals surface area contributed by atoms with Gasteiger partial charge in [-0.1, -0.05) is 0 Å². The Morgan fingerprint density at radius 2 is 2.45 bits per heavy atom. The molecule has 0 radical (unpaired) electrons. The molecule has 1 aromatic heterocycles. The molecular formula is C9H13NS. The minimum absolute atomic E-state index is 0.574. The number of rotatable bonds is 0. The zero-order valence-corrected chi connectivity index (χ0v) is 7.79. The van der Waals surface area contributed by atoms with E-state index in [1.54, 1.807) is 10.4 Å². The number of nitrogens with one attached hydrogen (secondary N) is 1. The highest BCUT2D eigenvalue weighted by molar-refractivity contribution is 7.10. The Bertz CT molecular complexity index is 265. The second-order valence-corrected chi connectivity index (χ2v) is 4.15. The molecule has 1 aromatic rings. The standard InChI is InChI=1S/C9H13NS/c1-6-5-11-8-3-4-10-7(2)9(6)8/h5,7,10H,3-4H2,1-2H3. The van der Waals surface area contributed by atoms with Crippen molar-refractivity contribution in [3.8, 4) is 0 Å². The van der Waals surface area contributed by atoms with Gasteiger partial charge in [0, 0.05) is 17.5 Å². The van der Waals surface area contributed by atoms with Gasteiger partial charge >= 0.3 is 0 Å². The zero-order chi connectivity index (χ0) is 7.84. The Labute approximate surface area is 71.4 Å². The van der Waals surface area contributed by atoms with Crippen molar-refractivity contribution >= 4 is 11.3 Å². The molecule has 0 spiro atoms. The van der Waals surface area contributed by atoms with Crippen molar-refractivity contribution in [1.29, 1.82) is 0 Å². The van der Waals surface area contributed by atoms with E-state index in [1.165, 1.54) is 12.0 Å². The first-order valence-electron chi connectivity index (χ1n) is 4.09.